The predicted octanol–water partition coefficient (Wildman–Crippen LogP) is 4.77. The van der Waals surface area contributed by atoms with Crippen LogP contribution in [0.2, 0.25) is 5.02 Å². The average molecular weight is 620 g/mol. The molecule has 2 heterocycles. The van der Waals surface area contributed by atoms with Gasteiger partial charge in [-0.2, -0.15) is 13.2 Å². The number of carbonyl (C=O) groups is 3. The molecule has 3 amide bonds. The second kappa shape index (κ2) is 12.8. The van der Waals surface area contributed by atoms with Crippen LogP contribution in [0.5, 0.6) is 0 Å². The van der Waals surface area contributed by atoms with Crippen LogP contribution < -0.4 is 20.9 Å². The molecule has 4 rings (SSSR count). The van der Waals surface area contributed by atoms with Crippen molar-refractivity contribution in [2.45, 2.75) is 38.1 Å². The SMILES string of the molecule is C[C@@H]1CN(c2cc(Cl)ccc2NC(=O)c2ccc(CNC(=O)C3CSC(=O)N3)c(F)c2F)CCN1CCC(F)(F)F. The number of carbonyl (C=O) groups excluding carboxylic acids is 3. The maximum absolute atomic E-state index is 14.9. The minimum Gasteiger partial charge on any atom is -0.367 e. The first-order valence-corrected chi connectivity index (χ1v) is 14.0. The Bertz CT molecular complexity index is 1330. The van der Waals surface area contributed by atoms with Gasteiger partial charge in [-0.25, -0.2) is 8.78 Å². The molecule has 222 valence electrons. The van der Waals surface area contributed by atoms with Crippen LogP contribution in [-0.4, -0.2) is 72.1 Å². The number of anilines is 2. The lowest BCUT2D eigenvalue weighted by molar-refractivity contribution is -0.139. The van der Waals surface area contributed by atoms with Gasteiger partial charge in [0.15, 0.2) is 11.6 Å². The Hall–Kier alpha value is -3.10. The highest BCUT2D eigenvalue weighted by Gasteiger charge is 2.32. The first kappa shape index (κ1) is 30.8. The predicted molar refractivity (Wildman–Crippen MR) is 146 cm³/mol. The summed E-state index contributed by atoms with van der Waals surface area (Å²) in [6.45, 7) is 2.39. The zero-order valence-corrected chi connectivity index (χ0v) is 23.4. The molecule has 2 aromatic rings. The molecular weight excluding hydrogens is 593 g/mol. The number of rotatable bonds is 8. The molecule has 41 heavy (non-hydrogen) atoms. The van der Waals surface area contributed by atoms with Crippen molar-refractivity contribution in [3.8, 4) is 0 Å². The number of thioether (sulfide) groups is 1. The maximum atomic E-state index is 14.9. The number of piperazine rings is 1. The lowest BCUT2D eigenvalue weighted by atomic mass is 10.1. The third-order valence-electron chi connectivity index (χ3n) is 6.85. The van der Waals surface area contributed by atoms with E-state index < -0.39 is 47.7 Å². The first-order chi connectivity index (χ1) is 19.3. The van der Waals surface area contributed by atoms with Crippen molar-refractivity contribution in [2.24, 2.45) is 0 Å². The van der Waals surface area contributed by atoms with Crippen LogP contribution >= 0.6 is 23.4 Å². The molecule has 3 N–H and O–H groups in total. The van der Waals surface area contributed by atoms with Crippen molar-refractivity contribution >= 4 is 51.8 Å². The molecule has 1 unspecified atom stereocenters. The number of hydrogen-bond donors (Lipinski definition) is 3. The van der Waals surface area contributed by atoms with Crippen LogP contribution in [0.4, 0.5) is 38.1 Å². The fraction of sp³-hybridized carbons (Fsp3) is 0.423. The van der Waals surface area contributed by atoms with Gasteiger partial charge in [-0.3, -0.25) is 19.3 Å². The summed E-state index contributed by atoms with van der Waals surface area (Å²) in [4.78, 5) is 40.0. The van der Waals surface area contributed by atoms with E-state index in [1.807, 2.05) is 4.90 Å². The second-order valence-electron chi connectivity index (χ2n) is 9.73. The van der Waals surface area contributed by atoms with Gasteiger partial charge >= 0.3 is 6.18 Å². The summed E-state index contributed by atoms with van der Waals surface area (Å²) < 4.78 is 67.8. The molecule has 0 spiro atoms. The summed E-state index contributed by atoms with van der Waals surface area (Å²) in [5.74, 6) is -3.96. The van der Waals surface area contributed by atoms with Crippen LogP contribution in [-0.2, 0) is 11.3 Å². The van der Waals surface area contributed by atoms with Crippen molar-refractivity contribution in [2.75, 3.05) is 42.1 Å². The molecule has 2 aliphatic heterocycles. The Balaban J connectivity index is 1.43. The minimum absolute atomic E-state index is 0.127. The summed E-state index contributed by atoms with van der Waals surface area (Å²) in [7, 11) is 0. The van der Waals surface area contributed by atoms with Gasteiger partial charge in [-0.1, -0.05) is 29.4 Å². The quantitative estimate of drug-likeness (QED) is 0.369. The van der Waals surface area contributed by atoms with E-state index >= 15 is 0 Å². The Morgan fingerprint density at radius 1 is 1.15 bits per heavy atom. The van der Waals surface area contributed by atoms with Crippen LogP contribution in [0.1, 0.15) is 29.3 Å². The van der Waals surface area contributed by atoms with Crippen LogP contribution in [0.15, 0.2) is 30.3 Å². The molecule has 0 bridgehead atoms. The number of halogens is 6. The lowest BCUT2D eigenvalue weighted by Gasteiger charge is -2.41. The third-order valence-corrected chi connectivity index (χ3v) is 7.96. The van der Waals surface area contributed by atoms with E-state index in [1.54, 1.807) is 17.9 Å². The normalized spacial score (nSPS) is 19.7. The Morgan fingerprint density at radius 3 is 2.56 bits per heavy atom. The van der Waals surface area contributed by atoms with E-state index in [0.717, 1.165) is 17.8 Å². The van der Waals surface area contributed by atoms with Crippen molar-refractivity contribution in [1.29, 1.82) is 0 Å². The molecule has 0 aromatic heterocycles. The second-order valence-corrected chi connectivity index (χ2v) is 11.2. The Labute approximate surface area is 241 Å². The lowest BCUT2D eigenvalue weighted by Crippen LogP contribution is -2.52. The maximum Gasteiger partial charge on any atom is 0.390 e. The van der Waals surface area contributed by atoms with Gasteiger partial charge in [0.05, 0.1) is 23.4 Å². The van der Waals surface area contributed by atoms with Crippen molar-refractivity contribution in [1.82, 2.24) is 15.5 Å². The molecule has 2 fully saturated rings. The highest BCUT2D eigenvalue weighted by atomic mass is 35.5. The molecule has 2 saturated heterocycles. The van der Waals surface area contributed by atoms with E-state index in [4.69, 9.17) is 11.6 Å². The van der Waals surface area contributed by atoms with Gasteiger partial charge in [0.1, 0.15) is 6.04 Å². The highest BCUT2D eigenvalue weighted by molar-refractivity contribution is 8.14. The number of amides is 3. The van der Waals surface area contributed by atoms with E-state index in [9.17, 15) is 36.3 Å². The highest BCUT2D eigenvalue weighted by Crippen LogP contribution is 2.32. The van der Waals surface area contributed by atoms with Crippen molar-refractivity contribution in [3.63, 3.8) is 0 Å². The Morgan fingerprint density at radius 2 is 1.90 bits per heavy atom. The molecular formula is C26H27ClF5N5O3S. The summed E-state index contributed by atoms with van der Waals surface area (Å²) in [5, 5.41) is 7.47. The van der Waals surface area contributed by atoms with Gasteiger partial charge in [-0.05, 0) is 31.2 Å². The van der Waals surface area contributed by atoms with Crippen molar-refractivity contribution < 1.29 is 36.3 Å². The van der Waals surface area contributed by atoms with Crippen molar-refractivity contribution in [3.05, 3.63) is 58.1 Å². The van der Waals surface area contributed by atoms with Gasteiger partial charge in [0.2, 0.25) is 5.91 Å². The zero-order valence-electron chi connectivity index (χ0n) is 21.8. The number of alkyl halides is 3. The zero-order chi connectivity index (χ0) is 29.9. The molecule has 8 nitrogen and oxygen atoms in total. The van der Waals surface area contributed by atoms with Crippen LogP contribution in [0.25, 0.3) is 0 Å². The molecule has 0 radical (unpaired) electrons. The fourth-order valence-corrected chi connectivity index (χ4v) is 5.56. The number of hydrogen-bond acceptors (Lipinski definition) is 6. The molecule has 2 aliphatic rings. The van der Waals surface area contributed by atoms with Gasteiger partial charge < -0.3 is 20.9 Å². The standard InChI is InChI=1S/C26H27ClF5N5O3S/c1-14-12-37(9-8-36(14)7-6-26(30,31)32)20-10-16(27)3-5-18(20)34-23(38)17-4-2-15(21(28)22(17)29)11-33-24(39)19-13-41-25(40)35-19/h2-5,10,14,19H,6-9,11-13H2,1H3,(H,33,39)(H,34,38)(H,35,40)/t14-,19?/m1/s1. The summed E-state index contributed by atoms with van der Waals surface area (Å²) in [6, 6.07) is 5.89. The average Bonchev–Trinajstić information content (AvgIpc) is 3.35. The smallest absolute Gasteiger partial charge is 0.367 e. The molecule has 2 aromatic carbocycles. The fourth-order valence-electron chi connectivity index (χ4n) is 4.61. The topological polar surface area (TPSA) is 93.8 Å². The summed E-state index contributed by atoms with van der Waals surface area (Å²) in [5.41, 5.74) is 0.00531. The van der Waals surface area contributed by atoms with E-state index in [0.29, 0.717) is 30.3 Å². The molecule has 0 aliphatic carbocycles. The van der Waals surface area contributed by atoms with Crippen LogP contribution in [0.3, 0.4) is 0 Å². The van der Waals surface area contributed by atoms with Crippen LogP contribution in [0, 0.1) is 11.6 Å². The van der Waals surface area contributed by atoms with Gasteiger partial charge in [-0.15, -0.1) is 0 Å². The number of benzene rings is 2. The molecule has 15 heteroatoms. The summed E-state index contributed by atoms with van der Waals surface area (Å²) in [6.07, 6.45) is -5.17. The van der Waals surface area contributed by atoms with E-state index in [2.05, 4.69) is 16.0 Å². The van der Waals surface area contributed by atoms with Gasteiger partial charge in [0.25, 0.3) is 11.1 Å². The van der Waals surface area contributed by atoms with E-state index in [1.165, 1.54) is 18.2 Å². The largest absolute Gasteiger partial charge is 0.390 e. The molecule has 2 atom stereocenters. The monoisotopic (exact) mass is 619 g/mol. The molecule has 0 saturated carbocycles. The Kier molecular flexibility index (Phi) is 9.65. The third kappa shape index (κ3) is 7.80. The minimum atomic E-state index is -4.25. The van der Waals surface area contributed by atoms with E-state index in [-0.39, 0.29) is 41.4 Å². The van der Waals surface area contributed by atoms with Gasteiger partial charge in [0, 0.05) is 55.1 Å². The summed E-state index contributed by atoms with van der Waals surface area (Å²) >= 11 is 7.12. The first-order valence-electron chi connectivity index (χ1n) is 12.7. The number of nitrogens with one attached hydrogen (secondary N) is 3. The number of nitrogens with zero attached hydrogens (tertiary/aromatic N) is 2.